The Morgan fingerprint density at radius 3 is 2.59 bits per heavy atom. The standard InChI is InChI=1S/C20H16BrN5O3/c1-13-2-8-16(9-3-13)29-19-18-24-26(20(28)25(18)11-10-22-19)12-17(27)23-15-6-4-14(21)5-7-15/h2-11H,12H2,1H3,(H,23,27). The molecule has 1 amide bonds. The SMILES string of the molecule is Cc1ccc(Oc2nccn3c(=O)n(CC(=O)Nc4ccc(Br)cc4)nc23)cc1. The number of aryl methyl sites for hydroxylation is 1. The number of amides is 1. The Balaban J connectivity index is 1.58. The molecule has 29 heavy (non-hydrogen) atoms. The summed E-state index contributed by atoms with van der Waals surface area (Å²) in [6, 6.07) is 14.6. The maximum absolute atomic E-state index is 12.6. The van der Waals surface area contributed by atoms with Crippen LogP contribution in [0.4, 0.5) is 5.69 Å². The van der Waals surface area contributed by atoms with Crippen molar-refractivity contribution in [3.05, 3.63) is 81.4 Å². The summed E-state index contributed by atoms with van der Waals surface area (Å²) in [5.74, 6) is 0.387. The second kappa shape index (κ2) is 7.88. The Bertz CT molecular complexity index is 1230. The minimum absolute atomic E-state index is 0.181. The van der Waals surface area contributed by atoms with Crippen LogP contribution >= 0.6 is 15.9 Å². The molecular formula is C20H16BrN5O3. The average Bonchev–Trinajstić information content (AvgIpc) is 3.02. The number of nitrogens with zero attached hydrogens (tertiary/aromatic N) is 4. The molecule has 0 unspecified atom stereocenters. The van der Waals surface area contributed by atoms with Crippen molar-refractivity contribution in [1.82, 2.24) is 19.2 Å². The van der Waals surface area contributed by atoms with E-state index in [2.05, 4.69) is 31.3 Å². The highest BCUT2D eigenvalue weighted by Crippen LogP contribution is 2.22. The molecule has 8 nitrogen and oxygen atoms in total. The van der Waals surface area contributed by atoms with Gasteiger partial charge in [0.25, 0.3) is 5.88 Å². The van der Waals surface area contributed by atoms with Gasteiger partial charge in [0.15, 0.2) is 0 Å². The molecule has 0 aliphatic rings. The Hall–Kier alpha value is -3.46. The first kappa shape index (κ1) is 18.9. The number of aromatic nitrogens is 4. The van der Waals surface area contributed by atoms with E-state index in [-0.39, 0.29) is 24.0 Å². The molecule has 4 rings (SSSR count). The summed E-state index contributed by atoms with van der Waals surface area (Å²) in [4.78, 5) is 29.1. The zero-order chi connectivity index (χ0) is 20.4. The highest BCUT2D eigenvalue weighted by atomic mass is 79.9. The van der Waals surface area contributed by atoms with Crippen LogP contribution in [0.2, 0.25) is 0 Å². The number of fused-ring (bicyclic) bond motifs is 1. The van der Waals surface area contributed by atoms with Gasteiger partial charge in [-0.1, -0.05) is 33.6 Å². The molecule has 2 heterocycles. The molecule has 0 bridgehead atoms. The quantitative estimate of drug-likeness (QED) is 0.499. The smallest absolute Gasteiger partial charge is 0.351 e. The maximum Gasteiger partial charge on any atom is 0.351 e. The lowest BCUT2D eigenvalue weighted by Gasteiger charge is -2.05. The number of hydrogen-bond donors (Lipinski definition) is 1. The molecule has 0 spiro atoms. The Kier molecular flexibility index (Phi) is 5.13. The number of ether oxygens (including phenoxy) is 1. The van der Waals surface area contributed by atoms with Gasteiger partial charge < -0.3 is 10.1 Å². The molecule has 4 aromatic rings. The number of rotatable bonds is 5. The highest BCUT2D eigenvalue weighted by Gasteiger charge is 2.15. The minimum atomic E-state index is -0.456. The van der Waals surface area contributed by atoms with Gasteiger partial charge in [0.05, 0.1) is 0 Å². The van der Waals surface area contributed by atoms with Gasteiger partial charge in [0.1, 0.15) is 12.3 Å². The van der Waals surface area contributed by atoms with E-state index in [1.807, 2.05) is 31.2 Å². The average molecular weight is 454 g/mol. The van der Waals surface area contributed by atoms with Gasteiger partial charge in [0, 0.05) is 22.6 Å². The zero-order valence-corrected chi connectivity index (χ0v) is 17.0. The number of hydrogen-bond acceptors (Lipinski definition) is 5. The van der Waals surface area contributed by atoms with E-state index >= 15 is 0 Å². The molecule has 0 radical (unpaired) electrons. The van der Waals surface area contributed by atoms with Crippen LogP contribution in [0, 0.1) is 6.92 Å². The molecule has 9 heteroatoms. The van der Waals surface area contributed by atoms with Crippen LogP contribution in [-0.2, 0) is 11.3 Å². The molecule has 2 aromatic carbocycles. The normalized spacial score (nSPS) is 10.8. The Labute approximate surface area is 173 Å². The maximum atomic E-state index is 12.6. The van der Waals surface area contributed by atoms with Crippen molar-refractivity contribution in [2.24, 2.45) is 0 Å². The zero-order valence-electron chi connectivity index (χ0n) is 15.4. The van der Waals surface area contributed by atoms with E-state index in [0.29, 0.717) is 11.4 Å². The molecule has 0 saturated heterocycles. The fraction of sp³-hybridized carbons (Fsp3) is 0.100. The van der Waals surface area contributed by atoms with Gasteiger partial charge in [-0.15, -0.1) is 5.10 Å². The van der Waals surface area contributed by atoms with Crippen molar-refractivity contribution in [3.8, 4) is 11.6 Å². The lowest BCUT2D eigenvalue weighted by atomic mass is 10.2. The third-order valence-electron chi connectivity index (χ3n) is 4.13. The van der Waals surface area contributed by atoms with Crippen LogP contribution in [0.15, 0.2) is 70.2 Å². The fourth-order valence-corrected chi connectivity index (χ4v) is 2.95. The van der Waals surface area contributed by atoms with Crippen molar-refractivity contribution in [1.29, 1.82) is 0 Å². The van der Waals surface area contributed by atoms with Crippen molar-refractivity contribution < 1.29 is 9.53 Å². The molecular weight excluding hydrogens is 438 g/mol. The van der Waals surface area contributed by atoms with Crippen molar-refractivity contribution >= 4 is 33.2 Å². The van der Waals surface area contributed by atoms with Crippen LogP contribution < -0.4 is 15.7 Å². The van der Waals surface area contributed by atoms with E-state index in [0.717, 1.165) is 14.7 Å². The molecule has 0 saturated carbocycles. The lowest BCUT2D eigenvalue weighted by Crippen LogP contribution is -2.28. The highest BCUT2D eigenvalue weighted by molar-refractivity contribution is 9.10. The number of halogens is 1. The topological polar surface area (TPSA) is 90.5 Å². The molecule has 1 N–H and O–H groups in total. The molecule has 2 aromatic heterocycles. The number of benzene rings is 2. The summed E-state index contributed by atoms with van der Waals surface area (Å²) < 4.78 is 9.05. The first-order chi connectivity index (χ1) is 14.0. The number of carbonyl (C=O) groups is 1. The second-order valence-electron chi connectivity index (χ2n) is 6.34. The van der Waals surface area contributed by atoms with E-state index in [4.69, 9.17) is 4.74 Å². The summed E-state index contributed by atoms with van der Waals surface area (Å²) in [6.45, 7) is 1.74. The summed E-state index contributed by atoms with van der Waals surface area (Å²) >= 11 is 3.34. The van der Waals surface area contributed by atoms with Gasteiger partial charge >= 0.3 is 5.69 Å². The number of carbonyl (C=O) groups excluding carboxylic acids is 1. The van der Waals surface area contributed by atoms with Gasteiger partial charge in [-0.05, 0) is 43.3 Å². The van der Waals surface area contributed by atoms with Crippen LogP contribution in [0.1, 0.15) is 5.56 Å². The van der Waals surface area contributed by atoms with Crippen molar-refractivity contribution in [2.45, 2.75) is 13.5 Å². The number of anilines is 1. The van der Waals surface area contributed by atoms with Crippen LogP contribution in [0.5, 0.6) is 11.6 Å². The summed E-state index contributed by atoms with van der Waals surface area (Å²) in [5, 5.41) is 6.97. The molecule has 146 valence electrons. The third-order valence-corrected chi connectivity index (χ3v) is 4.65. The fourth-order valence-electron chi connectivity index (χ4n) is 2.69. The summed E-state index contributed by atoms with van der Waals surface area (Å²) in [5.41, 5.74) is 1.50. The second-order valence-corrected chi connectivity index (χ2v) is 7.25. The van der Waals surface area contributed by atoms with Crippen LogP contribution in [-0.4, -0.2) is 25.1 Å². The largest absolute Gasteiger partial charge is 0.436 e. The van der Waals surface area contributed by atoms with Gasteiger partial charge in [-0.25, -0.2) is 18.9 Å². The molecule has 0 atom stereocenters. The summed E-state index contributed by atoms with van der Waals surface area (Å²) in [7, 11) is 0. The van der Waals surface area contributed by atoms with Gasteiger partial charge in [0.2, 0.25) is 11.6 Å². The Morgan fingerprint density at radius 1 is 1.14 bits per heavy atom. The molecule has 0 aliphatic heterocycles. The monoisotopic (exact) mass is 453 g/mol. The summed E-state index contributed by atoms with van der Waals surface area (Å²) in [6.07, 6.45) is 2.93. The number of nitrogens with one attached hydrogen (secondary N) is 1. The van der Waals surface area contributed by atoms with Crippen LogP contribution in [0.3, 0.4) is 0 Å². The predicted octanol–water partition coefficient (Wildman–Crippen LogP) is 3.39. The first-order valence-electron chi connectivity index (χ1n) is 8.74. The van der Waals surface area contributed by atoms with Crippen LogP contribution in [0.25, 0.3) is 5.65 Å². The molecule has 0 aliphatic carbocycles. The predicted molar refractivity (Wildman–Crippen MR) is 111 cm³/mol. The Morgan fingerprint density at radius 2 is 1.86 bits per heavy atom. The minimum Gasteiger partial charge on any atom is -0.436 e. The third kappa shape index (κ3) is 4.19. The van der Waals surface area contributed by atoms with E-state index in [1.165, 1.54) is 16.8 Å². The van der Waals surface area contributed by atoms with E-state index in [1.54, 1.807) is 24.3 Å². The first-order valence-corrected chi connectivity index (χ1v) is 9.53. The van der Waals surface area contributed by atoms with Crippen molar-refractivity contribution in [2.75, 3.05) is 5.32 Å². The van der Waals surface area contributed by atoms with Gasteiger partial charge in [-0.3, -0.25) is 4.79 Å². The van der Waals surface area contributed by atoms with Crippen molar-refractivity contribution in [3.63, 3.8) is 0 Å². The lowest BCUT2D eigenvalue weighted by molar-refractivity contribution is -0.117. The van der Waals surface area contributed by atoms with E-state index < -0.39 is 5.69 Å². The van der Waals surface area contributed by atoms with E-state index in [9.17, 15) is 9.59 Å². The van der Waals surface area contributed by atoms with Gasteiger partial charge in [-0.2, -0.15) is 0 Å². The molecule has 0 fully saturated rings.